The van der Waals surface area contributed by atoms with Crippen LogP contribution in [-0.2, 0) is 53.7 Å². The summed E-state index contributed by atoms with van der Waals surface area (Å²) in [5.74, 6) is 2.18. The van der Waals surface area contributed by atoms with Crippen molar-refractivity contribution >= 4 is 63.8 Å². The zero-order chi connectivity index (χ0) is 58.0. The van der Waals surface area contributed by atoms with Crippen LogP contribution in [0, 0.1) is 6.92 Å². The molecule has 13 nitrogen and oxygen atoms in total. The van der Waals surface area contributed by atoms with Gasteiger partial charge in [-0.15, -0.1) is 22.7 Å². The highest BCUT2D eigenvalue weighted by Gasteiger charge is 2.34. The quantitative estimate of drug-likeness (QED) is 0.117. The van der Waals surface area contributed by atoms with Gasteiger partial charge in [-0.05, 0) is 105 Å². The van der Waals surface area contributed by atoms with E-state index < -0.39 is 5.60 Å². The van der Waals surface area contributed by atoms with Crippen molar-refractivity contribution < 1.29 is 33.3 Å². The summed E-state index contributed by atoms with van der Waals surface area (Å²) in [5.41, 5.74) is 9.03. The number of hydrogen-bond acceptors (Lipinski definition) is 12. The van der Waals surface area contributed by atoms with Gasteiger partial charge in [0.15, 0.2) is 0 Å². The van der Waals surface area contributed by atoms with E-state index in [1.807, 2.05) is 38.7 Å². The van der Waals surface area contributed by atoms with E-state index in [0.29, 0.717) is 41.3 Å². The molecule has 5 heterocycles. The van der Waals surface area contributed by atoms with Crippen molar-refractivity contribution in [3.05, 3.63) is 82.7 Å². The van der Waals surface area contributed by atoms with Gasteiger partial charge >= 0.3 is 12.1 Å². The lowest BCUT2D eigenvalue weighted by Gasteiger charge is -2.32. The van der Waals surface area contributed by atoms with Crippen LogP contribution >= 0.6 is 45.9 Å². The van der Waals surface area contributed by atoms with Gasteiger partial charge in [0.2, 0.25) is 5.91 Å². The predicted molar refractivity (Wildman–Crippen MR) is 319 cm³/mol. The molecule has 0 unspecified atom stereocenters. The van der Waals surface area contributed by atoms with Crippen LogP contribution in [0.3, 0.4) is 0 Å². The molecule has 0 atom stereocenters. The highest BCUT2D eigenvalue weighted by molar-refractivity contribution is 7.16. The van der Waals surface area contributed by atoms with Crippen molar-refractivity contribution in [2.75, 3.05) is 47.5 Å². The number of carbonyl (C=O) groups is 3. The number of hydrogen-bond donors (Lipinski definition) is 0. The van der Waals surface area contributed by atoms with Gasteiger partial charge in [-0.25, -0.2) is 14.8 Å². The molecule has 2 saturated heterocycles. The summed E-state index contributed by atoms with van der Waals surface area (Å²) in [6.07, 6.45) is 3.89. The summed E-state index contributed by atoms with van der Waals surface area (Å²) in [6.45, 7) is 36.8. The lowest BCUT2D eigenvalue weighted by Crippen LogP contribution is -2.41. The van der Waals surface area contributed by atoms with Gasteiger partial charge in [0.05, 0.1) is 43.5 Å². The minimum atomic E-state index is -0.484. The molecule has 0 aliphatic carbocycles. The number of esters is 1. The van der Waals surface area contributed by atoms with E-state index in [1.165, 1.54) is 7.11 Å². The van der Waals surface area contributed by atoms with Crippen molar-refractivity contribution in [3.8, 4) is 34.0 Å². The number of halogens is 2. The second-order valence-corrected chi connectivity index (χ2v) is 29.2. The molecule has 2 amide bonds. The molecule has 0 bridgehead atoms. The molecule has 2 aliphatic heterocycles. The number of aromatic nitrogens is 4. The smallest absolute Gasteiger partial charge is 0.410 e. The Bertz CT molecular complexity index is 2860. The molecule has 17 heteroatoms. The molecule has 0 radical (unpaired) electrons. The van der Waals surface area contributed by atoms with E-state index in [2.05, 4.69) is 112 Å². The van der Waals surface area contributed by atoms with Gasteiger partial charge in [-0.3, -0.25) is 14.3 Å². The Kier molecular flexibility index (Phi) is 19.7. The fraction of sp³-hybridized carbons (Fsp3) is 0.607. The Hall–Kier alpha value is -4.70. The normalized spacial score (nSPS) is 15.2. The van der Waals surface area contributed by atoms with Crippen molar-refractivity contribution in [2.24, 2.45) is 0 Å². The molecule has 78 heavy (non-hydrogen) atoms. The van der Waals surface area contributed by atoms with Crippen LogP contribution in [-0.4, -0.2) is 101 Å². The van der Waals surface area contributed by atoms with Crippen molar-refractivity contribution in [2.45, 2.75) is 195 Å². The maximum Gasteiger partial charge on any atom is 0.410 e. The third-order valence-electron chi connectivity index (χ3n) is 14.4. The number of rotatable bonds is 11. The number of benzene rings is 2. The molecule has 3 aromatic heterocycles. The average Bonchev–Trinajstić information content (AvgIpc) is 4.12. The maximum absolute atomic E-state index is 13.2. The SMILES string of the molecule is COC(=O)CCc1cc(C)n(CC(=O)N2CCC(c3nc(-c4cc(C(C)(C)C)c(OC)c(C(C)(C)C)c4)c(Cl)s3)CC2)n1.COc1c(C(C)(C)C)cc(-c2nc(C3CCN(C(=O)OC(C)(C)C)CC3)sc2Cl)cc1C(C)(C)C. The first kappa shape index (κ1) is 62.5. The maximum atomic E-state index is 13.2. The van der Waals surface area contributed by atoms with Gasteiger partial charge in [0.1, 0.15) is 43.7 Å². The summed E-state index contributed by atoms with van der Waals surface area (Å²) in [5, 5.41) is 6.60. The Balaban J connectivity index is 0.000000258. The average molecular weight is 1150 g/mol. The fourth-order valence-corrected chi connectivity index (χ4v) is 12.7. The number of thiazole rings is 2. The first-order valence-electron chi connectivity index (χ1n) is 27.3. The zero-order valence-electron chi connectivity index (χ0n) is 49.9. The predicted octanol–water partition coefficient (Wildman–Crippen LogP) is 15.3. The van der Waals surface area contributed by atoms with Crippen LogP contribution in [0.5, 0.6) is 11.5 Å². The summed E-state index contributed by atoms with van der Waals surface area (Å²) >= 11 is 16.8. The number of carbonyl (C=O) groups excluding carboxylic acids is 3. The molecule has 2 aliphatic rings. The second-order valence-electron chi connectivity index (χ2n) is 26.0. The highest BCUT2D eigenvalue weighted by Crippen LogP contribution is 2.48. The molecule has 0 saturated carbocycles. The van der Waals surface area contributed by atoms with E-state index >= 15 is 0 Å². The molecular weight excluding hydrogens is 1060 g/mol. The lowest BCUT2D eigenvalue weighted by molar-refractivity contribution is -0.140. The number of methoxy groups -OCH3 is 3. The van der Waals surface area contributed by atoms with Crippen LogP contribution in [0.4, 0.5) is 4.79 Å². The van der Waals surface area contributed by atoms with Crippen LogP contribution in [0.1, 0.15) is 191 Å². The second kappa shape index (κ2) is 24.6. The monoisotopic (exact) mass is 1150 g/mol. The Morgan fingerprint density at radius 1 is 0.603 bits per heavy atom. The molecule has 0 spiro atoms. The summed E-state index contributed by atoms with van der Waals surface area (Å²) < 4.78 is 25.2. The van der Waals surface area contributed by atoms with E-state index in [-0.39, 0.29) is 64.4 Å². The Morgan fingerprint density at radius 3 is 1.33 bits per heavy atom. The molecule has 0 N–H and O–H groups in total. The van der Waals surface area contributed by atoms with Gasteiger partial charge in [-0.1, -0.05) is 106 Å². The Labute approximate surface area is 483 Å². The summed E-state index contributed by atoms with van der Waals surface area (Å²) in [4.78, 5) is 50.9. The Morgan fingerprint density at radius 2 is 0.987 bits per heavy atom. The van der Waals surface area contributed by atoms with Crippen molar-refractivity contribution in [1.82, 2.24) is 29.5 Å². The van der Waals surface area contributed by atoms with E-state index in [1.54, 1.807) is 46.5 Å². The van der Waals surface area contributed by atoms with Gasteiger partial charge in [0, 0.05) is 83.5 Å². The third kappa shape index (κ3) is 15.4. The minimum Gasteiger partial charge on any atom is -0.496 e. The summed E-state index contributed by atoms with van der Waals surface area (Å²) in [6, 6.07) is 10.6. The molecule has 7 rings (SSSR count). The number of ether oxygens (including phenoxy) is 4. The van der Waals surface area contributed by atoms with Crippen LogP contribution in [0.15, 0.2) is 30.3 Å². The van der Waals surface area contributed by atoms with Crippen molar-refractivity contribution in [1.29, 1.82) is 0 Å². The number of amides is 2. The lowest BCUT2D eigenvalue weighted by atomic mass is 9.78. The van der Waals surface area contributed by atoms with Crippen LogP contribution in [0.25, 0.3) is 22.5 Å². The van der Waals surface area contributed by atoms with Gasteiger partial charge in [0.25, 0.3) is 0 Å². The third-order valence-corrected chi connectivity index (χ3v) is 17.2. The zero-order valence-corrected chi connectivity index (χ0v) is 53.1. The van der Waals surface area contributed by atoms with Gasteiger partial charge in [-0.2, -0.15) is 5.10 Å². The van der Waals surface area contributed by atoms with Crippen LogP contribution in [0.2, 0.25) is 8.67 Å². The number of nitrogens with zero attached hydrogens (tertiary/aromatic N) is 6. The number of aryl methyl sites for hydroxylation is 2. The first-order valence-corrected chi connectivity index (χ1v) is 29.7. The molecule has 2 fully saturated rings. The fourth-order valence-electron chi connectivity index (χ4n) is 9.97. The number of likely N-dealkylation sites (tertiary alicyclic amines) is 2. The topological polar surface area (TPSA) is 138 Å². The van der Waals surface area contributed by atoms with E-state index in [4.69, 9.17) is 52.1 Å². The molecule has 2 aromatic carbocycles. The molecule has 5 aromatic rings. The summed E-state index contributed by atoms with van der Waals surface area (Å²) in [7, 11) is 4.87. The first-order chi connectivity index (χ1) is 36.1. The number of piperidine rings is 2. The minimum absolute atomic E-state index is 0.0460. The van der Waals surface area contributed by atoms with Crippen molar-refractivity contribution in [3.63, 3.8) is 0 Å². The molecular formula is C61H86Cl2N6O7S2. The van der Waals surface area contributed by atoms with E-state index in [9.17, 15) is 14.4 Å². The highest BCUT2D eigenvalue weighted by atomic mass is 35.5. The molecule has 428 valence electrons. The van der Waals surface area contributed by atoms with E-state index in [0.717, 1.165) is 103 Å². The van der Waals surface area contributed by atoms with Gasteiger partial charge < -0.3 is 28.7 Å². The standard InChI is InChI=1S/C33H45ClN4O4S.C28H41ClN2O3S/c1-20-16-23(10-11-27(40)41-8)36-38(20)19-26(39)37-14-12-21(13-15-37)31-35-28(30(34)43-31)22-17-24(32(2,3)4)29(42-9)25(18-22)33(5,6)7;1-26(2,3)19-15-18(16-20(22(19)33-10)27(4,5)6)21-23(29)35-24(30-21)17-11-13-31(14-12-17)25(32)34-28(7,8)9/h16-18,21H,10-15,19H2,1-9H3;15-17H,11-14H2,1-10H3. The largest absolute Gasteiger partial charge is 0.496 e. The van der Waals surface area contributed by atoms with Crippen LogP contribution < -0.4 is 9.47 Å².